The first-order valence-corrected chi connectivity index (χ1v) is 6.16. The van der Waals surface area contributed by atoms with Crippen molar-refractivity contribution in [3.05, 3.63) is 59.5 Å². The van der Waals surface area contributed by atoms with Crippen molar-refractivity contribution in [1.29, 1.82) is 0 Å². The number of nitrogens with zero attached hydrogens (tertiary/aromatic N) is 2. The molecule has 3 aromatic rings. The normalized spacial score (nSPS) is 10.9. The molecule has 0 unspecified atom stereocenters. The van der Waals surface area contributed by atoms with Gasteiger partial charge in [0, 0.05) is 12.6 Å². The largest absolute Gasteiger partial charge is 0.341 e. The topological polar surface area (TPSA) is 41.6 Å². The summed E-state index contributed by atoms with van der Waals surface area (Å²) in [5.41, 5.74) is 4.47. The Morgan fingerprint density at radius 2 is 2.06 bits per heavy atom. The van der Waals surface area contributed by atoms with Crippen LogP contribution in [0.1, 0.15) is 17.0 Å². The summed E-state index contributed by atoms with van der Waals surface area (Å²) in [7, 11) is 0. The Morgan fingerprint density at radius 3 is 2.89 bits per heavy atom. The maximum Gasteiger partial charge on any atom is 0.177 e. The molecule has 0 aliphatic heterocycles. The van der Waals surface area contributed by atoms with Crippen LogP contribution >= 0.6 is 0 Å². The van der Waals surface area contributed by atoms with Crippen LogP contribution in [0.4, 0.5) is 0 Å². The minimum Gasteiger partial charge on any atom is -0.341 e. The van der Waals surface area contributed by atoms with E-state index in [9.17, 15) is 0 Å². The Labute approximate surface area is 106 Å². The van der Waals surface area contributed by atoms with E-state index >= 15 is 0 Å². The molecule has 0 fully saturated rings. The van der Waals surface area contributed by atoms with Crippen molar-refractivity contribution in [1.82, 2.24) is 15.0 Å². The summed E-state index contributed by atoms with van der Waals surface area (Å²) < 4.78 is 0. The van der Waals surface area contributed by atoms with Crippen molar-refractivity contribution >= 4 is 11.2 Å². The Morgan fingerprint density at radius 1 is 1.11 bits per heavy atom. The molecule has 0 atom stereocenters. The third kappa shape index (κ3) is 2.25. The van der Waals surface area contributed by atoms with E-state index in [-0.39, 0.29) is 0 Å². The van der Waals surface area contributed by atoms with Crippen LogP contribution in [0.3, 0.4) is 0 Å². The number of H-pyrrole nitrogens is 1. The van der Waals surface area contributed by atoms with E-state index in [1.165, 1.54) is 11.1 Å². The Balaban J connectivity index is 1.76. The predicted molar refractivity (Wildman–Crippen MR) is 72.5 cm³/mol. The van der Waals surface area contributed by atoms with E-state index < -0.39 is 0 Å². The summed E-state index contributed by atoms with van der Waals surface area (Å²) in [4.78, 5) is 12.0. The average Bonchev–Trinajstić information content (AvgIpc) is 2.79. The number of hydrogen-bond donors (Lipinski definition) is 1. The van der Waals surface area contributed by atoms with Crippen LogP contribution in [0.25, 0.3) is 11.2 Å². The number of benzene rings is 1. The van der Waals surface area contributed by atoms with E-state index in [1.54, 1.807) is 6.20 Å². The molecule has 3 heteroatoms. The van der Waals surface area contributed by atoms with Gasteiger partial charge in [0.1, 0.15) is 5.82 Å². The zero-order valence-electron chi connectivity index (χ0n) is 10.4. The lowest BCUT2D eigenvalue weighted by atomic mass is 10.1. The van der Waals surface area contributed by atoms with Crippen LogP contribution in [0.15, 0.2) is 42.6 Å². The standard InChI is InChI=1S/C15H15N3/c1-11-4-2-5-12(10-11)7-8-14-17-13-6-3-9-16-15(13)18-14/h2-6,9-10H,7-8H2,1H3,(H,16,17,18). The van der Waals surface area contributed by atoms with Gasteiger partial charge in [-0.05, 0) is 31.0 Å². The van der Waals surface area contributed by atoms with Crippen molar-refractivity contribution < 1.29 is 0 Å². The van der Waals surface area contributed by atoms with E-state index in [0.29, 0.717) is 0 Å². The van der Waals surface area contributed by atoms with Crippen LogP contribution < -0.4 is 0 Å². The zero-order chi connectivity index (χ0) is 12.4. The molecule has 0 bridgehead atoms. The van der Waals surface area contributed by atoms with Gasteiger partial charge in [-0.2, -0.15) is 0 Å². The van der Waals surface area contributed by atoms with Gasteiger partial charge in [0.15, 0.2) is 5.65 Å². The Hall–Kier alpha value is -2.16. The molecule has 0 spiro atoms. The number of aromatic amines is 1. The highest BCUT2D eigenvalue weighted by molar-refractivity contribution is 5.69. The molecule has 90 valence electrons. The number of aromatic nitrogens is 3. The van der Waals surface area contributed by atoms with Crippen LogP contribution in [-0.4, -0.2) is 15.0 Å². The molecule has 2 aromatic heterocycles. The predicted octanol–water partition coefficient (Wildman–Crippen LogP) is 3.05. The lowest BCUT2D eigenvalue weighted by Gasteiger charge is -2.00. The molecule has 0 saturated carbocycles. The van der Waals surface area contributed by atoms with E-state index in [4.69, 9.17) is 0 Å². The highest BCUT2D eigenvalue weighted by Crippen LogP contribution is 2.11. The molecule has 0 radical (unpaired) electrons. The number of aryl methyl sites for hydroxylation is 3. The van der Waals surface area contributed by atoms with Gasteiger partial charge in [-0.25, -0.2) is 9.97 Å². The molecule has 0 saturated heterocycles. The van der Waals surface area contributed by atoms with Gasteiger partial charge >= 0.3 is 0 Å². The van der Waals surface area contributed by atoms with Gasteiger partial charge in [-0.1, -0.05) is 29.8 Å². The second-order valence-electron chi connectivity index (χ2n) is 4.55. The van der Waals surface area contributed by atoms with E-state index in [2.05, 4.69) is 46.1 Å². The minimum absolute atomic E-state index is 0.803. The molecular weight excluding hydrogens is 222 g/mol. The minimum atomic E-state index is 0.803. The van der Waals surface area contributed by atoms with Crippen molar-refractivity contribution in [2.45, 2.75) is 19.8 Å². The van der Waals surface area contributed by atoms with Crippen LogP contribution in [0, 0.1) is 6.92 Å². The highest BCUT2D eigenvalue weighted by Gasteiger charge is 2.03. The second-order valence-corrected chi connectivity index (χ2v) is 4.55. The summed E-state index contributed by atoms with van der Waals surface area (Å²) in [6.45, 7) is 2.12. The van der Waals surface area contributed by atoms with E-state index in [0.717, 1.165) is 29.8 Å². The lowest BCUT2D eigenvalue weighted by Crippen LogP contribution is -1.93. The second kappa shape index (κ2) is 4.61. The summed E-state index contributed by atoms with van der Waals surface area (Å²) in [6, 6.07) is 12.5. The molecule has 18 heavy (non-hydrogen) atoms. The van der Waals surface area contributed by atoms with Crippen LogP contribution in [0.5, 0.6) is 0 Å². The number of pyridine rings is 1. The quantitative estimate of drug-likeness (QED) is 0.760. The van der Waals surface area contributed by atoms with Crippen LogP contribution in [0.2, 0.25) is 0 Å². The number of fused-ring (bicyclic) bond motifs is 1. The zero-order valence-corrected chi connectivity index (χ0v) is 10.4. The van der Waals surface area contributed by atoms with Crippen LogP contribution in [-0.2, 0) is 12.8 Å². The Kier molecular flexibility index (Phi) is 2.81. The van der Waals surface area contributed by atoms with Gasteiger partial charge < -0.3 is 4.98 Å². The van der Waals surface area contributed by atoms with Gasteiger partial charge in [-0.3, -0.25) is 0 Å². The number of imidazole rings is 1. The molecule has 0 aliphatic carbocycles. The van der Waals surface area contributed by atoms with Crippen molar-refractivity contribution in [2.75, 3.05) is 0 Å². The fraction of sp³-hybridized carbons (Fsp3) is 0.200. The molecule has 1 N–H and O–H groups in total. The summed E-state index contributed by atoms with van der Waals surface area (Å²) in [5, 5.41) is 0. The van der Waals surface area contributed by atoms with Gasteiger partial charge in [0.25, 0.3) is 0 Å². The molecule has 3 rings (SSSR count). The number of nitrogens with one attached hydrogen (secondary N) is 1. The molecule has 0 amide bonds. The molecular formula is C15H15N3. The molecule has 0 aliphatic rings. The first-order valence-electron chi connectivity index (χ1n) is 6.16. The fourth-order valence-corrected chi connectivity index (χ4v) is 2.14. The third-order valence-corrected chi connectivity index (χ3v) is 3.04. The maximum atomic E-state index is 4.48. The van der Waals surface area contributed by atoms with Crippen molar-refractivity contribution in [2.24, 2.45) is 0 Å². The number of rotatable bonds is 3. The molecule has 2 heterocycles. The van der Waals surface area contributed by atoms with Crippen molar-refractivity contribution in [3.63, 3.8) is 0 Å². The third-order valence-electron chi connectivity index (χ3n) is 3.04. The molecule has 1 aromatic carbocycles. The SMILES string of the molecule is Cc1cccc(CCc2nc3ncccc3[nH]2)c1. The lowest BCUT2D eigenvalue weighted by molar-refractivity contribution is 0.888. The highest BCUT2D eigenvalue weighted by atomic mass is 15.0. The van der Waals surface area contributed by atoms with Gasteiger partial charge in [-0.15, -0.1) is 0 Å². The van der Waals surface area contributed by atoms with Gasteiger partial charge in [0.2, 0.25) is 0 Å². The summed E-state index contributed by atoms with van der Waals surface area (Å²) in [5.74, 6) is 1.00. The van der Waals surface area contributed by atoms with E-state index in [1.807, 2.05) is 12.1 Å². The first kappa shape index (κ1) is 11.0. The Bertz CT molecular complexity index is 637. The van der Waals surface area contributed by atoms with Gasteiger partial charge in [0.05, 0.1) is 5.52 Å². The summed E-state index contributed by atoms with van der Waals surface area (Å²) >= 11 is 0. The van der Waals surface area contributed by atoms with Crippen molar-refractivity contribution in [3.8, 4) is 0 Å². The number of hydrogen-bond acceptors (Lipinski definition) is 2. The first-order chi connectivity index (χ1) is 8.81. The maximum absolute atomic E-state index is 4.48. The smallest absolute Gasteiger partial charge is 0.177 e. The monoisotopic (exact) mass is 237 g/mol. The fourth-order valence-electron chi connectivity index (χ4n) is 2.14. The average molecular weight is 237 g/mol. The molecule has 3 nitrogen and oxygen atoms in total. The summed E-state index contributed by atoms with van der Waals surface area (Å²) in [6.07, 6.45) is 3.69.